The minimum Gasteiger partial charge on any atom is -0.507 e. The highest BCUT2D eigenvalue weighted by molar-refractivity contribution is 9.12. The number of ether oxygens (including phenoxy) is 1. The van der Waals surface area contributed by atoms with Gasteiger partial charge in [0.15, 0.2) is 11.6 Å². The monoisotopic (exact) mass is 525 g/mol. The lowest BCUT2D eigenvalue weighted by Crippen LogP contribution is -2.40. The van der Waals surface area contributed by atoms with Crippen molar-refractivity contribution in [3.8, 4) is 5.75 Å². The third-order valence-corrected chi connectivity index (χ3v) is 7.86. The van der Waals surface area contributed by atoms with E-state index in [9.17, 15) is 29.1 Å². The average Bonchev–Trinajstić information content (AvgIpc) is 3.07. The Morgan fingerprint density at radius 3 is 2.59 bits per heavy atom. The fourth-order valence-electron chi connectivity index (χ4n) is 5.75. The number of imide groups is 3. The van der Waals surface area contributed by atoms with Crippen LogP contribution in [-0.2, 0) is 23.9 Å². The van der Waals surface area contributed by atoms with E-state index in [1.165, 1.54) is 6.08 Å². The predicted molar refractivity (Wildman–Crippen MR) is 122 cm³/mol. The van der Waals surface area contributed by atoms with Gasteiger partial charge in [0.1, 0.15) is 5.75 Å². The van der Waals surface area contributed by atoms with Crippen LogP contribution in [-0.4, -0.2) is 46.6 Å². The molecule has 1 aromatic rings. The van der Waals surface area contributed by atoms with Gasteiger partial charge in [-0.25, -0.2) is 4.79 Å². The molecule has 1 heterocycles. The number of ketones is 2. The number of allylic oxidation sites excluding steroid dienone is 6. The van der Waals surface area contributed by atoms with Crippen molar-refractivity contribution in [1.82, 2.24) is 4.90 Å². The van der Waals surface area contributed by atoms with Gasteiger partial charge >= 0.3 is 6.09 Å². The van der Waals surface area contributed by atoms with Crippen molar-refractivity contribution in [1.29, 1.82) is 0 Å². The molecule has 174 valence electrons. The summed E-state index contributed by atoms with van der Waals surface area (Å²) in [6.07, 6.45) is 2.29. The summed E-state index contributed by atoms with van der Waals surface area (Å²) in [5.74, 6) is -4.99. The number of para-hydroxylation sites is 1. The van der Waals surface area contributed by atoms with E-state index in [-0.39, 0.29) is 45.8 Å². The molecule has 0 radical (unpaired) electrons. The third-order valence-electron chi connectivity index (χ3n) is 7.27. The number of rotatable bonds is 1. The maximum absolute atomic E-state index is 13.3. The smallest absolute Gasteiger partial charge is 0.423 e. The highest BCUT2D eigenvalue weighted by atomic mass is 79.9. The van der Waals surface area contributed by atoms with E-state index < -0.39 is 41.6 Å². The number of methoxy groups -OCH3 is 1. The van der Waals surface area contributed by atoms with E-state index in [2.05, 4.69) is 20.7 Å². The Bertz CT molecular complexity index is 1300. The largest absolute Gasteiger partial charge is 0.507 e. The third kappa shape index (κ3) is 2.99. The van der Waals surface area contributed by atoms with E-state index in [4.69, 9.17) is 0 Å². The predicted octanol–water partition coefficient (Wildman–Crippen LogP) is 3.23. The summed E-state index contributed by atoms with van der Waals surface area (Å²) in [5.41, 5.74) is 2.28. The zero-order valence-corrected chi connectivity index (χ0v) is 19.9. The maximum Gasteiger partial charge on any atom is 0.423 e. The summed E-state index contributed by atoms with van der Waals surface area (Å²) < 4.78 is 4.76. The first-order chi connectivity index (χ1) is 16.2. The summed E-state index contributed by atoms with van der Waals surface area (Å²) in [6.45, 7) is 1.73. The number of carbonyl (C=O) groups is 5. The van der Waals surface area contributed by atoms with Crippen molar-refractivity contribution in [3.63, 3.8) is 0 Å². The zero-order valence-electron chi connectivity index (χ0n) is 18.3. The minimum atomic E-state index is -1.04. The number of halogens is 1. The number of likely N-dealkylation sites (tertiary alicyclic amines) is 1. The van der Waals surface area contributed by atoms with Crippen molar-refractivity contribution < 1.29 is 33.8 Å². The molecule has 1 aromatic carbocycles. The Balaban J connectivity index is 1.70. The number of Topliss-reactive ketones (excluding diaryl/α,β-unsaturated/α-hetero) is 1. The van der Waals surface area contributed by atoms with Crippen LogP contribution in [0.25, 0.3) is 0 Å². The second kappa shape index (κ2) is 7.87. The zero-order chi connectivity index (χ0) is 24.5. The number of phenolic OH excluding ortho intramolecular Hbond substituents is 1. The lowest BCUT2D eigenvalue weighted by Gasteiger charge is -2.42. The molecule has 1 fully saturated rings. The average molecular weight is 526 g/mol. The van der Waals surface area contributed by atoms with Crippen LogP contribution in [0.5, 0.6) is 5.75 Å². The first-order valence-corrected chi connectivity index (χ1v) is 11.6. The van der Waals surface area contributed by atoms with Crippen LogP contribution in [0.3, 0.4) is 0 Å². The molecule has 5 rings (SSSR count). The number of amides is 3. The van der Waals surface area contributed by atoms with Gasteiger partial charge in [0.05, 0.1) is 23.4 Å². The van der Waals surface area contributed by atoms with Crippen molar-refractivity contribution in [2.75, 3.05) is 7.11 Å². The second-order valence-corrected chi connectivity index (χ2v) is 9.74. The second-order valence-electron chi connectivity index (χ2n) is 8.89. The number of aromatic hydroxyl groups is 1. The SMILES string of the molecule is COC(=O)N1C(=O)[C@H]2[C@H](CC=C3[C@H](c4cccc(C)c4O)C4=C(C[C@H]32)C(=O)C(Br)=CC4=O)C1=O. The molecule has 3 aliphatic carbocycles. The van der Waals surface area contributed by atoms with Crippen molar-refractivity contribution >= 4 is 45.4 Å². The number of phenols is 1. The number of nitrogens with zero attached hydrogens (tertiary/aromatic N) is 1. The molecule has 8 nitrogen and oxygen atoms in total. The molecule has 1 N–H and O–H groups in total. The number of benzene rings is 1. The molecule has 4 atom stereocenters. The van der Waals surface area contributed by atoms with Gasteiger partial charge < -0.3 is 9.84 Å². The summed E-state index contributed by atoms with van der Waals surface area (Å²) in [7, 11) is 1.10. The van der Waals surface area contributed by atoms with E-state index in [0.29, 0.717) is 21.6 Å². The standard InChI is InChI=1S/C25H20BrNO7/c1-10-4-3-5-12(21(10)29)18-11-6-7-13-19(24(32)27(23(13)31)25(33)34-2)14(11)8-15-20(18)17(28)9-16(26)22(15)30/h3-6,9,13-14,18-19,29H,7-8H2,1-2H3/t13-,14+,18+,19-/m0/s1. The number of aryl methyl sites for hydroxylation is 1. The van der Waals surface area contributed by atoms with Gasteiger partial charge in [-0.15, -0.1) is 0 Å². The summed E-state index contributed by atoms with van der Waals surface area (Å²) >= 11 is 3.16. The van der Waals surface area contributed by atoms with Crippen LogP contribution in [0.4, 0.5) is 4.79 Å². The molecule has 4 aliphatic rings. The molecule has 0 bridgehead atoms. The Hall–Kier alpha value is -3.33. The van der Waals surface area contributed by atoms with Crippen LogP contribution in [0.2, 0.25) is 0 Å². The minimum absolute atomic E-state index is 0.00176. The molecule has 1 saturated heterocycles. The van der Waals surface area contributed by atoms with Gasteiger partial charge in [0.2, 0.25) is 11.8 Å². The van der Waals surface area contributed by atoms with E-state index >= 15 is 0 Å². The molecule has 0 unspecified atom stereocenters. The molecule has 3 amide bonds. The highest BCUT2D eigenvalue weighted by Crippen LogP contribution is 2.56. The van der Waals surface area contributed by atoms with Gasteiger partial charge in [-0.3, -0.25) is 19.2 Å². The molecule has 9 heteroatoms. The Kier molecular flexibility index (Phi) is 5.20. The fraction of sp³-hybridized carbons (Fsp3) is 0.320. The van der Waals surface area contributed by atoms with Gasteiger partial charge in [0.25, 0.3) is 0 Å². The van der Waals surface area contributed by atoms with Crippen LogP contribution in [0.15, 0.2) is 51.6 Å². The number of carbonyl (C=O) groups excluding carboxylic acids is 5. The van der Waals surface area contributed by atoms with Gasteiger partial charge in [0, 0.05) is 28.7 Å². The molecule has 0 aromatic heterocycles. The molecular weight excluding hydrogens is 506 g/mol. The van der Waals surface area contributed by atoms with Crippen LogP contribution >= 0.6 is 15.9 Å². The van der Waals surface area contributed by atoms with Crippen LogP contribution < -0.4 is 0 Å². The van der Waals surface area contributed by atoms with E-state index in [0.717, 1.165) is 7.11 Å². The molecule has 1 aliphatic heterocycles. The number of hydrogen-bond acceptors (Lipinski definition) is 7. The Morgan fingerprint density at radius 2 is 1.88 bits per heavy atom. The van der Waals surface area contributed by atoms with Crippen molar-refractivity contribution in [2.24, 2.45) is 17.8 Å². The number of fused-ring (bicyclic) bond motifs is 3. The van der Waals surface area contributed by atoms with Crippen molar-refractivity contribution in [2.45, 2.75) is 25.7 Å². The first kappa shape index (κ1) is 22.5. The maximum atomic E-state index is 13.3. The number of hydrogen-bond donors (Lipinski definition) is 1. The van der Waals surface area contributed by atoms with E-state index in [1.807, 2.05) is 6.08 Å². The lowest BCUT2D eigenvalue weighted by atomic mass is 9.59. The van der Waals surface area contributed by atoms with E-state index in [1.54, 1.807) is 25.1 Å². The van der Waals surface area contributed by atoms with Crippen LogP contribution in [0.1, 0.15) is 29.9 Å². The molecule has 34 heavy (non-hydrogen) atoms. The van der Waals surface area contributed by atoms with Crippen LogP contribution in [0, 0.1) is 24.7 Å². The molecule has 0 saturated carbocycles. The van der Waals surface area contributed by atoms with Crippen molar-refractivity contribution in [3.05, 3.63) is 62.7 Å². The first-order valence-electron chi connectivity index (χ1n) is 10.8. The summed E-state index contributed by atoms with van der Waals surface area (Å²) in [6, 6.07) is 5.18. The van der Waals surface area contributed by atoms with Gasteiger partial charge in [-0.05, 0) is 47.2 Å². The summed E-state index contributed by atoms with van der Waals surface area (Å²) in [4.78, 5) is 65.2. The topological polar surface area (TPSA) is 118 Å². The Morgan fingerprint density at radius 1 is 1.15 bits per heavy atom. The molecule has 0 spiro atoms. The lowest BCUT2D eigenvalue weighted by molar-refractivity contribution is -0.137. The highest BCUT2D eigenvalue weighted by Gasteiger charge is 2.58. The quantitative estimate of drug-likeness (QED) is 0.339. The van der Waals surface area contributed by atoms with Gasteiger partial charge in [-0.1, -0.05) is 29.8 Å². The van der Waals surface area contributed by atoms with Gasteiger partial charge in [-0.2, -0.15) is 4.90 Å². The fourth-order valence-corrected chi connectivity index (χ4v) is 6.20. The normalized spacial score (nSPS) is 28.3. The molecular formula is C25H20BrNO7. The Labute approximate surface area is 203 Å². The summed E-state index contributed by atoms with van der Waals surface area (Å²) in [5, 5.41) is 10.9.